The van der Waals surface area contributed by atoms with E-state index in [0.29, 0.717) is 29.5 Å². The van der Waals surface area contributed by atoms with E-state index in [2.05, 4.69) is 23.9 Å². The normalized spacial score (nSPS) is 21.7. The minimum Gasteiger partial charge on any atom is -0.491 e. The molecule has 4 bridgehead atoms. The molecular weight excluding hydrogens is 560 g/mol. The minimum atomic E-state index is -4.03. The number of nitrogens with zero attached hydrogens (tertiary/aromatic N) is 2. The van der Waals surface area contributed by atoms with Crippen molar-refractivity contribution < 1.29 is 17.9 Å². The third-order valence-electron chi connectivity index (χ3n) is 9.37. The number of nitrogens with one attached hydrogen (secondary N) is 2. The Hall–Kier alpha value is -3.43. The van der Waals surface area contributed by atoms with E-state index in [9.17, 15) is 13.2 Å². The number of pyridine rings is 1. The molecule has 1 atom stereocenters. The monoisotopic (exact) mass is 602 g/mol. The molecule has 0 radical (unpaired) electrons. The molecule has 3 heterocycles. The first-order chi connectivity index (χ1) is 20.5. The summed E-state index contributed by atoms with van der Waals surface area (Å²) in [7, 11) is -4.03. The van der Waals surface area contributed by atoms with Crippen molar-refractivity contribution in [3.05, 3.63) is 71.3 Å². The zero-order valence-electron chi connectivity index (χ0n) is 25.5. The number of amides is 1. The minimum absolute atomic E-state index is 0.0307. The van der Waals surface area contributed by atoms with Crippen LogP contribution in [0.25, 0.3) is 11.3 Å². The predicted molar refractivity (Wildman–Crippen MR) is 169 cm³/mol. The van der Waals surface area contributed by atoms with Gasteiger partial charge in [0.2, 0.25) is 0 Å². The van der Waals surface area contributed by atoms with Crippen molar-refractivity contribution in [3.8, 4) is 17.0 Å². The summed E-state index contributed by atoms with van der Waals surface area (Å²) in [5.41, 5.74) is 4.30. The second-order valence-corrected chi connectivity index (χ2v) is 14.8. The first-order valence-electron chi connectivity index (χ1n) is 15.4. The number of aromatic nitrogens is 1. The van der Waals surface area contributed by atoms with Crippen LogP contribution < -0.4 is 14.8 Å². The lowest BCUT2D eigenvalue weighted by Gasteiger charge is -2.55. The van der Waals surface area contributed by atoms with Gasteiger partial charge in [-0.3, -0.25) is 9.52 Å². The third-order valence-corrected chi connectivity index (χ3v) is 10.7. The Morgan fingerprint density at radius 1 is 1.02 bits per heavy atom. The molecule has 3 aliphatic rings. The van der Waals surface area contributed by atoms with Gasteiger partial charge in [0.25, 0.3) is 15.9 Å². The van der Waals surface area contributed by atoms with Crippen LogP contribution >= 0.6 is 0 Å². The Labute approximate surface area is 255 Å². The van der Waals surface area contributed by atoms with Crippen molar-refractivity contribution in [2.45, 2.75) is 76.8 Å². The molecule has 43 heavy (non-hydrogen) atoms. The molecule has 2 aliphatic heterocycles. The zero-order valence-corrected chi connectivity index (χ0v) is 26.3. The van der Waals surface area contributed by atoms with Gasteiger partial charge in [0, 0.05) is 29.3 Å². The summed E-state index contributed by atoms with van der Waals surface area (Å²) in [6.07, 6.45) is 4.94. The Morgan fingerprint density at radius 3 is 2.42 bits per heavy atom. The highest BCUT2D eigenvalue weighted by Gasteiger charge is 2.49. The largest absolute Gasteiger partial charge is 0.491 e. The number of benzene rings is 2. The Kier molecular flexibility index (Phi) is 7.98. The van der Waals surface area contributed by atoms with Crippen LogP contribution in [-0.2, 0) is 10.0 Å². The molecule has 9 heteroatoms. The van der Waals surface area contributed by atoms with Crippen molar-refractivity contribution in [3.63, 3.8) is 0 Å². The van der Waals surface area contributed by atoms with Gasteiger partial charge in [-0.15, -0.1) is 0 Å². The molecule has 1 amide bonds. The van der Waals surface area contributed by atoms with Crippen LogP contribution in [0.4, 0.5) is 5.82 Å². The second-order valence-electron chi connectivity index (χ2n) is 13.1. The van der Waals surface area contributed by atoms with Gasteiger partial charge in [0.1, 0.15) is 18.2 Å². The average Bonchev–Trinajstić information content (AvgIpc) is 2.95. The van der Waals surface area contributed by atoms with Crippen LogP contribution in [0.5, 0.6) is 5.75 Å². The maximum atomic E-state index is 14.4. The lowest BCUT2D eigenvalue weighted by Crippen LogP contribution is -2.59. The highest BCUT2D eigenvalue weighted by molar-refractivity contribution is 7.92. The molecule has 8 nitrogen and oxygen atoms in total. The van der Waals surface area contributed by atoms with Crippen molar-refractivity contribution >= 4 is 21.7 Å². The fraction of sp³-hybridized carbons (Fsp3) is 0.471. The smallest absolute Gasteiger partial charge is 0.263 e. The number of hydrogen-bond donors (Lipinski definition) is 2. The fourth-order valence-corrected chi connectivity index (χ4v) is 8.30. The molecule has 1 aliphatic carbocycles. The van der Waals surface area contributed by atoms with Crippen molar-refractivity contribution in [1.82, 2.24) is 15.2 Å². The van der Waals surface area contributed by atoms with Crippen LogP contribution in [0.2, 0.25) is 0 Å². The van der Waals surface area contributed by atoms with Gasteiger partial charge in [0.05, 0.1) is 16.6 Å². The summed E-state index contributed by atoms with van der Waals surface area (Å²) >= 11 is 0. The summed E-state index contributed by atoms with van der Waals surface area (Å²) in [6.45, 7) is 10.7. The summed E-state index contributed by atoms with van der Waals surface area (Å²) in [5, 5.41) is 3.47. The van der Waals surface area contributed by atoms with Gasteiger partial charge in [-0.1, -0.05) is 38.1 Å². The van der Waals surface area contributed by atoms with E-state index in [0.717, 1.165) is 61.9 Å². The van der Waals surface area contributed by atoms with Crippen LogP contribution in [0, 0.1) is 25.2 Å². The fourth-order valence-electron chi connectivity index (χ4n) is 7.26. The number of sulfonamides is 1. The first-order valence-corrected chi connectivity index (χ1v) is 16.9. The average molecular weight is 603 g/mol. The molecule has 1 saturated heterocycles. The van der Waals surface area contributed by atoms with Crippen molar-refractivity contribution in [2.24, 2.45) is 11.3 Å². The van der Waals surface area contributed by atoms with Crippen molar-refractivity contribution in [1.29, 1.82) is 0 Å². The van der Waals surface area contributed by atoms with E-state index in [4.69, 9.17) is 9.72 Å². The highest BCUT2D eigenvalue weighted by atomic mass is 32.2. The van der Waals surface area contributed by atoms with Crippen LogP contribution in [0.1, 0.15) is 67.4 Å². The predicted octanol–water partition coefficient (Wildman–Crippen LogP) is 5.95. The summed E-state index contributed by atoms with van der Waals surface area (Å²) in [5.74, 6) is 0.885. The SMILES string of the molecule is Cc1cccc(C)c1-c1cc2cc(n1)NS(=O)(=O)c1cccc(c1)C(=O)N(C1CC3(CCNCC3)C1)[C@H](CC(C)C)CO2. The molecule has 2 N–H and O–H groups in total. The van der Waals surface area contributed by atoms with E-state index in [1.165, 1.54) is 12.1 Å². The van der Waals surface area contributed by atoms with Gasteiger partial charge >= 0.3 is 0 Å². The van der Waals surface area contributed by atoms with E-state index in [1.54, 1.807) is 18.2 Å². The topological polar surface area (TPSA) is 101 Å². The standard InChI is InChI=1S/C34H42N4O4S/c1-22(2)15-26-21-42-28-17-30(32-23(3)7-5-8-24(32)4)36-31(18-28)37-43(40,41)29-10-6-9-25(16-29)33(39)38(26)27-19-34(20-27)11-13-35-14-12-34/h5-10,16-18,22,26-27,35H,11-15,19-21H2,1-4H3,(H,36,37)/t26-/m1/s1. The Bertz CT molecular complexity index is 1600. The number of carbonyl (C=O) groups is 1. The molecule has 1 saturated carbocycles. The van der Waals surface area contributed by atoms with E-state index < -0.39 is 10.0 Å². The quantitative estimate of drug-likeness (QED) is 0.383. The molecule has 3 aromatic rings. The maximum Gasteiger partial charge on any atom is 0.263 e. The lowest BCUT2D eigenvalue weighted by atomic mass is 9.60. The summed E-state index contributed by atoms with van der Waals surface area (Å²) < 4.78 is 36.4. The number of fused-ring (bicyclic) bond motifs is 4. The molecule has 0 unspecified atom stereocenters. The van der Waals surface area contributed by atoms with E-state index in [-0.39, 0.29) is 34.1 Å². The van der Waals surface area contributed by atoms with Gasteiger partial charge in [-0.25, -0.2) is 13.4 Å². The van der Waals surface area contributed by atoms with Crippen LogP contribution in [0.15, 0.2) is 59.5 Å². The number of anilines is 1. The Balaban J connectivity index is 1.45. The third kappa shape index (κ3) is 6.02. The molecule has 2 aromatic carbocycles. The van der Waals surface area contributed by atoms with Crippen LogP contribution in [-0.4, -0.2) is 56.0 Å². The van der Waals surface area contributed by atoms with Crippen LogP contribution in [0.3, 0.4) is 0 Å². The van der Waals surface area contributed by atoms with Gasteiger partial charge in [-0.2, -0.15) is 0 Å². The maximum absolute atomic E-state index is 14.4. The molecule has 2 fully saturated rings. The lowest BCUT2D eigenvalue weighted by molar-refractivity contribution is -0.0365. The van der Waals surface area contributed by atoms with E-state index >= 15 is 0 Å². The number of carbonyl (C=O) groups excluding carboxylic acids is 1. The van der Waals surface area contributed by atoms with Gasteiger partial charge in [-0.05, 0) is 99.7 Å². The second kappa shape index (κ2) is 11.6. The number of ether oxygens (including phenoxy) is 1. The number of piperidine rings is 1. The number of aryl methyl sites for hydroxylation is 2. The van der Waals surface area contributed by atoms with Crippen molar-refractivity contribution in [2.75, 3.05) is 24.4 Å². The highest BCUT2D eigenvalue weighted by Crippen LogP contribution is 2.51. The molecule has 6 rings (SSSR count). The summed E-state index contributed by atoms with van der Waals surface area (Å²) in [6, 6.07) is 15.8. The van der Waals surface area contributed by atoms with E-state index in [1.807, 2.05) is 43.0 Å². The number of rotatable bonds is 4. The Morgan fingerprint density at radius 2 is 1.72 bits per heavy atom. The number of hydrogen-bond acceptors (Lipinski definition) is 6. The summed E-state index contributed by atoms with van der Waals surface area (Å²) in [4.78, 5) is 21.1. The van der Waals surface area contributed by atoms with Gasteiger partial charge < -0.3 is 15.0 Å². The molecule has 1 spiro atoms. The van der Waals surface area contributed by atoms with Gasteiger partial charge in [0.15, 0.2) is 0 Å². The molecule has 228 valence electrons. The first kappa shape index (κ1) is 29.6. The zero-order chi connectivity index (χ0) is 30.4. The molecular formula is C34H42N4O4S. The molecule has 1 aromatic heterocycles.